The van der Waals surface area contributed by atoms with Gasteiger partial charge in [0.1, 0.15) is 11.7 Å². The second-order valence-corrected chi connectivity index (χ2v) is 3.88. The van der Waals surface area contributed by atoms with Gasteiger partial charge in [-0.05, 0) is 38.0 Å². The van der Waals surface area contributed by atoms with Crippen molar-refractivity contribution in [3.05, 3.63) is 30.1 Å². The molecule has 1 aromatic carbocycles. The number of benzene rings is 1. The molecule has 0 aliphatic heterocycles. The van der Waals surface area contributed by atoms with Gasteiger partial charge in [-0.3, -0.25) is 5.41 Å². The van der Waals surface area contributed by atoms with E-state index in [1.54, 1.807) is 6.07 Å². The largest absolute Gasteiger partial charge is 0.330 e. The van der Waals surface area contributed by atoms with Crippen molar-refractivity contribution < 1.29 is 4.39 Å². The summed E-state index contributed by atoms with van der Waals surface area (Å²) in [6, 6.07) is 6.45. The van der Waals surface area contributed by atoms with Crippen LogP contribution in [0.3, 0.4) is 0 Å². The van der Waals surface area contributed by atoms with Crippen molar-refractivity contribution in [2.24, 2.45) is 5.92 Å². The third-order valence-corrected chi connectivity index (χ3v) is 2.69. The molecule has 0 radical (unpaired) electrons. The first-order valence-electron chi connectivity index (χ1n) is 5.34. The van der Waals surface area contributed by atoms with Crippen LogP contribution in [0.4, 0.5) is 10.1 Å². The van der Waals surface area contributed by atoms with Crippen LogP contribution in [-0.2, 0) is 0 Å². The Bertz CT molecular complexity index is 372. The topological polar surface area (TPSA) is 27.1 Å². The van der Waals surface area contributed by atoms with Gasteiger partial charge in [-0.2, -0.15) is 0 Å². The molecule has 1 saturated carbocycles. The molecule has 2 rings (SSSR count). The Hall–Kier alpha value is -1.38. The lowest BCUT2D eigenvalue weighted by Crippen LogP contribution is -2.31. The smallest absolute Gasteiger partial charge is 0.125 e. The first kappa shape index (κ1) is 10.1. The number of nitrogens with one attached hydrogen (secondary N) is 1. The first-order valence-corrected chi connectivity index (χ1v) is 5.34. The predicted octanol–water partition coefficient (Wildman–Crippen LogP) is 3.04. The fourth-order valence-electron chi connectivity index (χ4n) is 1.71. The molecule has 0 atom stereocenters. The lowest BCUT2D eigenvalue weighted by Gasteiger charge is -2.23. The Labute approximate surface area is 89.2 Å². The highest BCUT2D eigenvalue weighted by Gasteiger charge is 2.30. The zero-order valence-electron chi connectivity index (χ0n) is 8.83. The number of rotatable bonds is 3. The van der Waals surface area contributed by atoms with Crippen LogP contribution < -0.4 is 4.90 Å². The summed E-state index contributed by atoms with van der Waals surface area (Å²) < 4.78 is 13.0. The van der Waals surface area contributed by atoms with Crippen LogP contribution in [0.5, 0.6) is 0 Å². The SMILES string of the molecule is CCN(C(=N)C1CC1)c1cccc(F)c1. The van der Waals surface area contributed by atoms with Gasteiger partial charge in [0.2, 0.25) is 0 Å². The van der Waals surface area contributed by atoms with Crippen molar-refractivity contribution >= 4 is 11.5 Å². The lowest BCUT2D eigenvalue weighted by molar-refractivity contribution is 0.627. The molecule has 0 aromatic heterocycles. The quantitative estimate of drug-likeness (QED) is 0.597. The second-order valence-electron chi connectivity index (χ2n) is 3.88. The maximum absolute atomic E-state index is 13.0. The van der Waals surface area contributed by atoms with Crippen LogP contribution in [-0.4, -0.2) is 12.4 Å². The van der Waals surface area contributed by atoms with E-state index < -0.39 is 0 Å². The summed E-state index contributed by atoms with van der Waals surface area (Å²) in [6.45, 7) is 2.71. The van der Waals surface area contributed by atoms with Crippen LogP contribution >= 0.6 is 0 Å². The van der Waals surface area contributed by atoms with E-state index in [1.807, 2.05) is 17.9 Å². The molecule has 0 bridgehead atoms. The van der Waals surface area contributed by atoms with Gasteiger partial charge < -0.3 is 4.90 Å². The second kappa shape index (κ2) is 4.01. The summed E-state index contributed by atoms with van der Waals surface area (Å²) in [5.74, 6) is 0.783. The molecule has 2 nitrogen and oxygen atoms in total. The van der Waals surface area contributed by atoms with E-state index in [0.717, 1.165) is 25.1 Å². The average molecular weight is 206 g/mol. The third-order valence-electron chi connectivity index (χ3n) is 2.69. The molecule has 1 aromatic rings. The van der Waals surface area contributed by atoms with Crippen LogP contribution in [0.2, 0.25) is 0 Å². The molecule has 1 aliphatic carbocycles. The Morgan fingerprint density at radius 3 is 2.80 bits per heavy atom. The Morgan fingerprint density at radius 2 is 2.27 bits per heavy atom. The van der Waals surface area contributed by atoms with Crippen molar-refractivity contribution in [3.63, 3.8) is 0 Å². The number of amidine groups is 1. The van der Waals surface area contributed by atoms with Gasteiger partial charge in [-0.15, -0.1) is 0 Å². The Morgan fingerprint density at radius 1 is 1.53 bits per heavy atom. The number of anilines is 1. The molecule has 1 N–H and O–H groups in total. The van der Waals surface area contributed by atoms with Gasteiger partial charge in [0, 0.05) is 18.2 Å². The summed E-state index contributed by atoms with van der Waals surface area (Å²) in [5.41, 5.74) is 0.786. The van der Waals surface area contributed by atoms with E-state index in [9.17, 15) is 4.39 Å². The molecule has 1 aliphatic rings. The lowest BCUT2D eigenvalue weighted by atomic mass is 10.2. The van der Waals surface area contributed by atoms with Crippen LogP contribution in [0.15, 0.2) is 24.3 Å². The highest BCUT2D eigenvalue weighted by Crippen LogP contribution is 2.32. The monoisotopic (exact) mass is 206 g/mol. The molecular formula is C12H15FN2. The molecular weight excluding hydrogens is 191 g/mol. The van der Waals surface area contributed by atoms with Gasteiger partial charge in [-0.25, -0.2) is 4.39 Å². The molecule has 0 heterocycles. The fourth-order valence-corrected chi connectivity index (χ4v) is 1.71. The van der Waals surface area contributed by atoms with Crippen LogP contribution in [0, 0.1) is 17.1 Å². The standard InChI is InChI=1S/C12H15FN2/c1-2-15(12(14)9-6-7-9)11-5-3-4-10(13)8-11/h3-5,8-9,14H,2,6-7H2,1H3. The number of halogens is 1. The zero-order chi connectivity index (χ0) is 10.8. The molecule has 0 amide bonds. The molecule has 0 unspecified atom stereocenters. The van der Waals surface area contributed by atoms with Gasteiger partial charge >= 0.3 is 0 Å². The van der Waals surface area contributed by atoms with E-state index in [0.29, 0.717) is 11.8 Å². The molecule has 15 heavy (non-hydrogen) atoms. The molecule has 0 saturated heterocycles. The van der Waals surface area contributed by atoms with E-state index in [-0.39, 0.29) is 5.82 Å². The molecule has 80 valence electrons. The van der Waals surface area contributed by atoms with Crippen LogP contribution in [0.1, 0.15) is 19.8 Å². The van der Waals surface area contributed by atoms with Gasteiger partial charge in [0.05, 0.1) is 0 Å². The van der Waals surface area contributed by atoms with Crippen LogP contribution in [0.25, 0.3) is 0 Å². The highest BCUT2D eigenvalue weighted by atomic mass is 19.1. The van der Waals surface area contributed by atoms with Crippen molar-refractivity contribution in [1.82, 2.24) is 0 Å². The Balaban J connectivity index is 2.21. The number of hydrogen-bond acceptors (Lipinski definition) is 1. The predicted molar refractivity (Wildman–Crippen MR) is 59.9 cm³/mol. The Kier molecular flexibility index (Phi) is 2.71. The normalized spacial score (nSPS) is 15.1. The average Bonchev–Trinajstić information content (AvgIpc) is 3.02. The minimum absolute atomic E-state index is 0.241. The van der Waals surface area contributed by atoms with Gasteiger partial charge in [0.15, 0.2) is 0 Å². The summed E-state index contributed by atoms with van der Waals surface area (Å²) in [4.78, 5) is 1.88. The van der Waals surface area contributed by atoms with E-state index in [1.165, 1.54) is 12.1 Å². The highest BCUT2D eigenvalue weighted by molar-refractivity contribution is 5.98. The van der Waals surface area contributed by atoms with E-state index in [4.69, 9.17) is 5.41 Å². The van der Waals surface area contributed by atoms with E-state index >= 15 is 0 Å². The fraction of sp³-hybridized carbons (Fsp3) is 0.417. The maximum atomic E-state index is 13.0. The summed E-state index contributed by atoms with van der Waals surface area (Å²) >= 11 is 0. The third kappa shape index (κ3) is 2.17. The first-order chi connectivity index (χ1) is 7.22. The summed E-state index contributed by atoms with van der Waals surface area (Å²) in [6.07, 6.45) is 2.20. The van der Waals surface area contributed by atoms with Gasteiger partial charge in [-0.1, -0.05) is 6.07 Å². The molecule has 1 fully saturated rings. The van der Waals surface area contributed by atoms with Crippen molar-refractivity contribution in [2.75, 3.05) is 11.4 Å². The minimum atomic E-state index is -0.241. The summed E-state index contributed by atoms with van der Waals surface area (Å²) in [5, 5.41) is 7.97. The summed E-state index contributed by atoms with van der Waals surface area (Å²) in [7, 11) is 0. The number of hydrogen-bond donors (Lipinski definition) is 1. The van der Waals surface area contributed by atoms with E-state index in [2.05, 4.69) is 0 Å². The van der Waals surface area contributed by atoms with Gasteiger partial charge in [0.25, 0.3) is 0 Å². The minimum Gasteiger partial charge on any atom is -0.330 e. The maximum Gasteiger partial charge on any atom is 0.125 e. The van der Waals surface area contributed by atoms with Crippen molar-refractivity contribution in [1.29, 1.82) is 5.41 Å². The zero-order valence-corrected chi connectivity index (χ0v) is 8.83. The van der Waals surface area contributed by atoms with Crippen molar-refractivity contribution in [3.8, 4) is 0 Å². The molecule has 3 heteroatoms. The number of nitrogens with zero attached hydrogens (tertiary/aromatic N) is 1. The molecule has 0 spiro atoms. The van der Waals surface area contributed by atoms with Crippen molar-refractivity contribution in [2.45, 2.75) is 19.8 Å².